The molecule has 6 nitrogen and oxygen atoms in total. The fraction of sp³-hybridized carbons (Fsp3) is 0.300. The van der Waals surface area contributed by atoms with Crippen LogP contribution in [-0.4, -0.2) is 48.9 Å². The number of thioether (sulfide) groups is 1. The second-order valence-corrected chi connectivity index (χ2v) is 7.80. The molecule has 1 aromatic heterocycles. The van der Waals surface area contributed by atoms with E-state index in [0.717, 1.165) is 37.9 Å². The molecule has 0 radical (unpaired) electrons. The Hall–Kier alpha value is -2.51. The minimum absolute atomic E-state index is 0.202. The van der Waals surface area contributed by atoms with Crippen molar-refractivity contribution in [3.05, 3.63) is 58.9 Å². The first-order valence-electron chi connectivity index (χ1n) is 9.05. The average molecular weight is 384 g/mol. The number of hydrogen-bond donors (Lipinski definition) is 1. The molecule has 2 amide bonds. The lowest BCUT2D eigenvalue weighted by atomic mass is 10.1. The van der Waals surface area contributed by atoms with Gasteiger partial charge in [-0.1, -0.05) is 18.2 Å². The average Bonchev–Trinajstić information content (AvgIpc) is 3.27. The molecule has 0 saturated carbocycles. The van der Waals surface area contributed by atoms with Crippen LogP contribution in [0.4, 0.5) is 10.5 Å². The van der Waals surface area contributed by atoms with Gasteiger partial charge in [0.25, 0.3) is 11.1 Å². The second-order valence-electron chi connectivity index (χ2n) is 6.81. The number of anilines is 1. The standard InChI is InChI=1S/C20H21N3O3S/c1-15-5-2-3-7-17(15)22-10-8-21(9-11-22)14-23-19(24)18(27-20(23)25)13-16-6-4-12-26-16/h2-7,12-13H,8-11,14H2,1H3/p+1/b18-13+. The Morgan fingerprint density at radius 2 is 1.93 bits per heavy atom. The second kappa shape index (κ2) is 7.62. The van der Waals surface area contributed by atoms with Crippen LogP contribution in [0.2, 0.25) is 0 Å². The molecule has 1 N–H and O–H groups in total. The zero-order valence-electron chi connectivity index (χ0n) is 15.2. The van der Waals surface area contributed by atoms with Gasteiger partial charge in [0.1, 0.15) is 5.76 Å². The summed E-state index contributed by atoms with van der Waals surface area (Å²) in [5.41, 5.74) is 2.54. The molecule has 140 valence electrons. The van der Waals surface area contributed by atoms with Crippen molar-refractivity contribution in [2.45, 2.75) is 6.92 Å². The summed E-state index contributed by atoms with van der Waals surface area (Å²) in [6.07, 6.45) is 3.19. The summed E-state index contributed by atoms with van der Waals surface area (Å²) in [7, 11) is 0. The number of carbonyl (C=O) groups excluding carboxylic acids is 2. The van der Waals surface area contributed by atoms with Crippen LogP contribution < -0.4 is 9.80 Å². The van der Waals surface area contributed by atoms with E-state index in [1.54, 1.807) is 24.5 Å². The van der Waals surface area contributed by atoms with Crippen LogP contribution in [0.25, 0.3) is 6.08 Å². The molecule has 0 spiro atoms. The number of imide groups is 1. The number of nitrogens with zero attached hydrogens (tertiary/aromatic N) is 2. The number of amides is 2. The lowest BCUT2D eigenvalue weighted by Crippen LogP contribution is -3.16. The van der Waals surface area contributed by atoms with E-state index < -0.39 is 0 Å². The molecule has 0 unspecified atom stereocenters. The van der Waals surface area contributed by atoms with Gasteiger partial charge in [-0.3, -0.25) is 9.59 Å². The Morgan fingerprint density at radius 3 is 2.63 bits per heavy atom. The number of para-hydroxylation sites is 1. The molecule has 2 aliphatic heterocycles. The first kappa shape index (κ1) is 17.9. The molecule has 2 fully saturated rings. The first-order valence-corrected chi connectivity index (χ1v) is 9.86. The van der Waals surface area contributed by atoms with Gasteiger partial charge in [-0.15, -0.1) is 0 Å². The van der Waals surface area contributed by atoms with E-state index in [1.165, 1.54) is 21.1 Å². The Labute approximate surface area is 162 Å². The van der Waals surface area contributed by atoms with Crippen molar-refractivity contribution in [2.24, 2.45) is 0 Å². The highest BCUT2D eigenvalue weighted by Crippen LogP contribution is 2.31. The van der Waals surface area contributed by atoms with Gasteiger partial charge in [0, 0.05) is 11.8 Å². The van der Waals surface area contributed by atoms with Gasteiger partial charge in [-0.05, 0) is 42.4 Å². The van der Waals surface area contributed by atoms with Gasteiger partial charge in [0.2, 0.25) is 0 Å². The number of piperazine rings is 1. The van der Waals surface area contributed by atoms with Crippen molar-refractivity contribution in [2.75, 3.05) is 37.7 Å². The number of aryl methyl sites for hydroxylation is 1. The number of nitrogens with one attached hydrogen (secondary N) is 1. The van der Waals surface area contributed by atoms with Gasteiger partial charge >= 0.3 is 0 Å². The van der Waals surface area contributed by atoms with Crippen LogP contribution in [0.15, 0.2) is 52.0 Å². The van der Waals surface area contributed by atoms with Gasteiger partial charge < -0.3 is 14.2 Å². The minimum atomic E-state index is -0.227. The van der Waals surface area contributed by atoms with E-state index >= 15 is 0 Å². The maximum absolute atomic E-state index is 12.6. The minimum Gasteiger partial charge on any atom is -0.465 e. The molecule has 2 aliphatic rings. The van der Waals surface area contributed by atoms with E-state index in [9.17, 15) is 9.59 Å². The fourth-order valence-corrected chi connectivity index (χ4v) is 4.32. The Morgan fingerprint density at radius 1 is 1.15 bits per heavy atom. The Balaban J connectivity index is 1.37. The molecular formula is C20H22N3O3S+. The summed E-state index contributed by atoms with van der Waals surface area (Å²) in [6.45, 7) is 6.17. The summed E-state index contributed by atoms with van der Waals surface area (Å²) in [6, 6.07) is 11.9. The highest BCUT2D eigenvalue weighted by atomic mass is 32.2. The van der Waals surface area contributed by atoms with Gasteiger partial charge in [-0.25, -0.2) is 4.90 Å². The molecule has 3 heterocycles. The SMILES string of the molecule is Cc1ccccc1N1CC[NH+](CN2C(=O)S/C(=C/c3ccco3)C2=O)CC1. The summed E-state index contributed by atoms with van der Waals surface area (Å²) >= 11 is 0.983. The summed E-state index contributed by atoms with van der Waals surface area (Å²) in [4.78, 5) is 30.3. The third-order valence-electron chi connectivity index (χ3n) is 5.00. The third kappa shape index (κ3) is 3.79. The number of benzene rings is 1. The zero-order chi connectivity index (χ0) is 18.8. The van der Waals surface area contributed by atoms with Crippen LogP contribution in [0.5, 0.6) is 0 Å². The molecule has 4 rings (SSSR count). The molecule has 0 atom stereocenters. The van der Waals surface area contributed by atoms with Crippen LogP contribution in [0.1, 0.15) is 11.3 Å². The van der Waals surface area contributed by atoms with Crippen molar-refractivity contribution < 1.29 is 18.9 Å². The van der Waals surface area contributed by atoms with Gasteiger partial charge in [0.05, 0.1) is 37.3 Å². The Kier molecular flexibility index (Phi) is 5.05. The maximum Gasteiger partial charge on any atom is 0.298 e. The molecular weight excluding hydrogens is 362 g/mol. The van der Waals surface area contributed by atoms with Crippen molar-refractivity contribution in [3.8, 4) is 0 Å². The van der Waals surface area contributed by atoms with E-state index in [2.05, 4.69) is 36.1 Å². The lowest BCUT2D eigenvalue weighted by molar-refractivity contribution is -0.907. The van der Waals surface area contributed by atoms with E-state index in [0.29, 0.717) is 17.3 Å². The number of quaternary nitrogens is 1. The molecule has 0 aliphatic carbocycles. The van der Waals surface area contributed by atoms with Crippen molar-refractivity contribution >= 4 is 34.7 Å². The number of rotatable bonds is 4. The number of furan rings is 1. The monoisotopic (exact) mass is 384 g/mol. The molecule has 2 saturated heterocycles. The van der Waals surface area contributed by atoms with Crippen LogP contribution in [-0.2, 0) is 4.79 Å². The predicted octanol–water partition coefficient (Wildman–Crippen LogP) is 1.99. The lowest BCUT2D eigenvalue weighted by Gasteiger charge is -2.35. The summed E-state index contributed by atoms with van der Waals surface area (Å²) in [5.74, 6) is 0.356. The third-order valence-corrected chi connectivity index (χ3v) is 5.91. The van der Waals surface area contributed by atoms with Crippen molar-refractivity contribution in [1.82, 2.24) is 4.90 Å². The first-order chi connectivity index (χ1) is 13.1. The zero-order valence-corrected chi connectivity index (χ0v) is 16.0. The molecule has 27 heavy (non-hydrogen) atoms. The normalized spacial score (nSPS) is 20.1. The van der Waals surface area contributed by atoms with E-state index in [4.69, 9.17) is 4.42 Å². The highest BCUT2D eigenvalue weighted by Gasteiger charge is 2.38. The molecule has 2 aromatic rings. The van der Waals surface area contributed by atoms with Crippen LogP contribution in [0.3, 0.4) is 0 Å². The van der Waals surface area contributed by atoms with E-state index in [-0.39, 0.29) is 11.1 Å². The highest BCUT2D eigenvalue weighted by molar-refractivity contribution is 8.18. The van der Waals surface area contributed by atoms with Crippen molar-refractivity contribution in [1.29, 1.82) is 0 Å². The molecule has 1 aromatic carbocycles. The quantitative estimate of drug-likeness (QED) is 0.817. The smallest absolute Gasteiger partial charge is 0.298 e. The largest absolute Gasteiger partial charge is 0.465 e. The summed E-state index contributed by atoms with van der Waals surface area (Å²) in [5, 5.41) is -0.202. The Bertz CT molecular complexity index is 870. The van der Waals surface area contributed by atoms with Crippen molar-refractivity contribution in [3.63, 3.8) is 0 Å². The number of carbonyl (C=O) groups is 2. The molecule has 7 heteroatoms. The molecule has 0 bridgehead atoms. The van der Waals surface area contributed by atoms with Gasteiger partial charge in [0.15, 0.2) is 6.67 Å². The van der Waals surface area contributed by atoms with Crippen LogP contribution in [0, 0.1) is 6.92 Å². The van der Waals surface area contributed by atoms with E-state index in [1.807, 2.05) is 0 Å². The topological polar surface area (TPSA) is 58.2 Å². The number of hydrogen-bond acceptors (Lipinski definition) is 5. The fourth-order valence-electron chi connectivity index (χ4n) is 3.50. The maximum atomic E-state index is 12.6. The predicted molar refractivity (Wildman–Crippen MR) is 105 cm³/mol. The summed E-state index contributed by atoms with van der Waals surface area (Å²) < 4.78 is 5.25. The van der Waals surface area contributed by atoms with Gasteiger partial charge in [-0.2, -0.15) is 0 Å². The van der Waals surface area contributed by atoms with Crippen LogP contribution >= 0.6 is 11.8 Å².